The van der Waals surface area contributed by atoms with E-state index in [2.05, 4.69) is 0 Å². The van der Waals surface area contributed by atoms with Gasteiger partial charge in [-0.15, -0.1) is 0 Å². The monoisotopic (exact) mass is 236 g/mol. The fourth-order valence-electron chi connectivity index (χ4n) is 1.39. The average Bonchev–Trinajstić information content (AvgIpc) is 2.34. The lowest BCUT2D eigenvalue weighted by Crippen LogP contribution is -1.99. The minimum atomic E-state index is -0.939. The number of carboxylic acid groups (broad SMARTS) is 1. The molecule has 92 valence electrons. The van der Waals surface area contributed by atoms with Crippen molar-refractivity contribution in [3.05, 3.63) is 29.8 Å². The van der Waals surface area contributed by atoms with Crippen LogP contribution >= 0.6 is 0 Å². The molecule has 0 saturated carbocycles. The van der Waals surface area contributed by atoms with E-state index in [1.807, 2.05) is 0 Å². The van der Waals surface area contributed by atoms with Gasteiger partial charge in [0, 0.05) is 6.42 Å². The molecule has 0 bridgehead atoms. The summed E-state index contributed by atoms with van der Waals surface area (Å²) in [6.07, 6.45) is 4.28. The second-order valence-electron chi connectivity index (χ2n) is 3.69. The van der Waals surface area contributed by atoms with Gasteiger partial charge < -0.3 is 14.6 Å². The van der Waals surface area contributed by atoms with Crippen LogP contribution in [0.15, 0.2) is 24.3 Å². The first-order valence-corrected chi connectivity index (χ1v) is 5.64. The van der Waals surface area contributed by atoms with Crippen molar-refractivity contribution in [2.24, 2.45) is 0 Å². The molecule has 0 unspecified atom stereocenters. The minimum absolute atomic E-state index is 0.253. The SMILES string of the molecule is O=CCCCCCOc1ccc(C(=O)O)cc1. The maximum absolute atomic E-state index is 10.6. The number of ether oxygens (including phenoxy) is 1. The molecule has 1 rings (SSSR count). The topological polar surface area (TPSA) is 63.6 Å². The lowest BCUT2D eigenvalue weighted by atomic mass is 10.2. The van der Waals surface area contributed by atoms with Gasteiger partial charge in [-0.1, -0.05) is 0 Å². The number of aldehydes is 1. The Labute approximate surface area is 100 Å². The number of benzene rings is 1. The fourth-order valence-corrected chi connectivity index (χ4v) is 1.39. The number of carbonyl (C=O) groups is 2. The van der Waals surface area contributed by atoms with Crippen molar-refractivity contribution < 1.29 is 19.4 Å². The van der Waals surface area contributed by atoms with Crippen LogP contribution < -0.4 is 4.74 Å². The zero-order valence-corrected chi connectivity index (χ0v) is 9.59. The first-order valence-electron chi connectivity index (χ1n) is 5.64. The smallest absolute Gasteiger partial charge is 0.335 e. The van der Waals surface area contributed by atoms with Crippen molar-refractivity contribution in [3.63, 3.8) is 0 Å². The molecule has 0 heterocycles. The van der Waals surface area contributed by atoms with Crippen molar-refractivity contribution in [1.29, 1.82) is 0 Å². The molecule has 0 saturated heterocycles. The summed E-state index contributed by atoms with van der Waals surface area (Å²) in [4.78, 5) is 20.7. The standard InChI is InChI=1S/C13H16O4/c14-9-3-1-2-4-10-17-12-7-5-11(6-8-12)13(15)16/h5-9H,1-4,10H2,(H,15,16). The zero-order valence-electron chi connectivity index (χ0n) is 9.59. The summed E-state index contributed by atoms with van der Waals surface area (Å²) in [5, 5.41) is 8.70. The quantitative estimate of drug-likeness (QED) is 0.556. The number of aromatic carboxylic acids is 1. The lowest BCUT2D eigenvalue weighted by molar-refractivity contribution is -0.107. The summed E-state index contributed by atoms with van der Waals surface area (Å²) in [6, 6.07) is 6.33. The van der Waals surface area contributed by atoms with Gasteiger partial charge in [0.2, 0.25) is 0 Å². The third kappa shape index (κ3) is 5.15. The van der Waals surface area contributed by atoms with E-state index in [1.54, 1.807) is 12.1 Å². The van der Waals surface area contributed by atoms with Crippen LogP contribution in [0.5, 0.6) is 5.75 Å². The number of carbonyl (C=O) groups excluding carboxylic acids is 1. The van der Waals surface area contributed by atoms with E-state index in [-0.39, 0.29) is 5.56 Å². The van der Waals surface area contributed by atoms with Crippen molar-refractivity contribution in [2.75, 3.05) is 6.61 Å². The molecule has 1 aromatic carbocycles. The maximum atomic E-state index is 10.6. The molecule has 0 aliphatic heterocycles. The highest BCUT2D eigenvalue weighted by molar-refractivity contribution is 5.87. The molecule has 0 aliphatic rings. The van der Waals surface area contributed by atoms with Crippen molar-refractivity contribution in [2.45, 2.75) is 25.7 Å². The van der Waals surface area contributed by atoms with Crippen LogP contribution in [0, 0.1) is 0 Å². The van der Waals surface area contributed by atoms with E-state index >= 15 is 0 Å². The van der Waals surface area contributed by atoms with Crippen LogP contribution in [0.4, 0.5) is 0 Å². The molecule has 0 fully saturated rings. The van der Waals surface area contributed by atoms with Crippen LogP contribution in [-0.2, 0) is 4.79 Å². The van der Waals surface area contributed by atoms with Crippen LogP contribution in [0.2, 0.25) is 0 Å². The highest BCUT2D eigenvalue weighted by atomic mass is 16.5. The van der Waals surface area contributed by atoms with Crippen molar-refractivity contribution in [3.8, 4) is 5.75 Å². The van der Waals surface area contributed by atoms with Crippen LogP contribution in [0.3, 0.4) is 0 Å². The lowest BCUT2D eigenvalue weighted by Gasteiger charge is -2.05. The molecule has 0 amide bonds. The van der Waals surface area contributed by atoms with E-state index in [0.717, 1.165) is 25.5 Å². The molecule has 0 radical (unpaired) electrons. The van der Waals surface area contributed by atoms with Gasteiger partial charge in [-0.25, -0.2) is 4.79 Å². The van der Waals surface area contributed by atoms with E-state index in [1.165, 1.54) is 12.1 Å². The number of unbranched alkanes of at least 4 members (excludes halogenated alkanes) is 3. The average molecular weight is 236 g/mol. The Bertz CT molecular complexity index is 356. The second kappa shape index (κ2) is 7.44. The molecular formula is C13H16O4. The molecule has 1 N–H and O–H groups in total. The Kier molecular flexibility index (Phi) is 5.79. The summed E-state index contributed by atoms with van der Waals surface area (Å²) in [5.74, 6) is -0.268. The molecule has 4 heteroatoms. The molecule has 0 spiro atoms. The van der Waals surface area contributed by atoms with E-state index in [4.69, 9.17) is 9.84 Å². The van der Waals surface area contributed by atoms with E-state index in [9.17, 15) is 9.59 Å². The Morgan fingerprint density at radius 1 is 1.18 bits per heavy atom. The van der Waals surface area contributed by atoms with Gasteiger partial charge in [0.1, 0.15) is 12.0 Å². The first-order chi connectivity index (χ1) is 8.24. The Hall–Kier alpha value is -1.84. The van der Waals surface area contributed by atoms with E-state index in [0.29, 0.717) is 18.8 Å². The molecular weight excluding hydrogens is 220 g/mol. The third-order valence-electron chi connectivity index (χ3n) is 2.34. The number of hydrogen-bond acceptors (Lipinski definition) is 3. The minimum Gasteiger partial charge on any atom is -0.494 e. The van der Waals surface area contributed by atoms with Crippen LogP contribution in [0.25, 0.3) is 0 Å². The third-order valence-corrected chi connectivity index (χ3v) is 2.34. The predicted molar refractivity (Wildman–Crippen MR) is 63.4 cm³/mol. The van der Waals surface area contributed by atoms with Crippen LogP contribution in [0.1, 0.15) is 36.0 Å². The maximum Gasteiger partial charge on any atom is 0.335 e. The van der Waals surface area contributed by atoms with E-state index < -0.39 is 5.97 Å². The summed E-state index contributed by atoms with van der Waals surface area (Å²) in [6.45, 7) is 0.589. The number of carboxylic acids is 1. The normalized spacial score (nSPS) is 9.88. The Balaban J connectivity index is 2.23. The Morgan fingerprint density at radius 3 is 2.47 bits per heavy atom. The molecule has 0 atom stereocenters. The fraction of sp³-hybridized carbons (Fsp3) is 0.385. The number of hydrogen-bond donors (Lipinski definition) is 1. The molecule has 1 aromatic rings. The summed E-state index contributed by atoms with van der Waals surface area (Å²) in [7, 11) is 0. The van der Waals surface area contributed by atoms with Crippen molar-refractivity contribution in [1.82, 2.24) is 0 Å². The van der Waals surface area contributed by atoms with Gasteiger partial charge in [0.15, 0.2) is 0 Å². The van der Waals surface area contributed by atoms with Crippen LogP contribution in [-0.4, -0.2) is 24.0 Å². The highest BCUT2D eigenvalue weighted by Gasteiger charge is 2.01. The highest BCUT2D eigenvalue weighted by Crippen LogP contribution is 2.12. The van der Waals surface area contributed by atoms with Gasteiger partial charge in [0.25, 0.3) is 0 Å². The van der Waals surface area contributed by atoms with Gasteiger partial charge in [-0.2, -0.15) is 0 Å². The van der Waals surface area contributed by atoms with Gasteiger partial charge in [0.05, 0.1) is 12.2 Å². The summed E-state index contributed by atoms with van der Waals surface area (Å²) >= 11 is 0. The second-order valence-corrected chi connectivity index (χ2v) is 3.69. The predicted octanol–water partition coefficient (Wildman–Crippen LogP) is 2.52. The Morgan fingerprint density at radius 2 is 1.88 bits per heavy atom. The summed E-state index contributed by atoms with van der Waals surface area (Å²) < 4.78 is 5.44. The van der Waals surface area contributed by atoms with Gasteiger partial charge in [-0.05, 0) is 43.5 Å². The molecule has 0 aliphatic carbocycles. The van der Waals surface area contributed by atoms with Crippen molar-refractivity contribution >= 4 is 12.3 Å². The number of rotatable bonds is 8. The molecule has 4 nitrogen and oxygen atoms in total. The summed E-state index contributed by atoms with van der Waals surface area (Å²) in [5.41, 5.74) is 0.253. The first kappa shape index (κ1) is 13.2. The van der Waals surface area contributed by atoms with Gasteiger partial charge >= 0.3 is 5.97 Å². The van der Waals surface area contributed by atoms with Gasteiger partial charge in [-0.3, -0.25) is 0 Å². The largest absolute Gasteiger partial charge is 0.494 e. The molecule has 17 heavy (non-hydrogen) atoms. The zero-order chi connectivity index (χ0) is 12.5. The molecule has 0 aromatic heterocycles.